The highest BCUT2D eigenvalue weighted by atomic mass is 35.5. The molecule has 1 atom stereocenters. The number of carbonyl (C=O) groups is 1. The van der Waals surface area contributed by atoms with Crippen LogP contribution < -0.4 is 4.90 Å². The van der Waals surface area contributed by atoms with Crippen LogP contribution in [0, 0.1) is 5.92 Å². The third kappa shape index (κ3) is 2.52. The van der Waals surface area contributed by atoms with Gasteiger partial charge in [0.2, 0.25) is 0 Å². The van der Waals surface area contributed by atoms with Gasteiger partial charge in [-0.3, -0.25) is 0 Å². The van der Waals surface area contributed by atoms with Crippen molar-refractivity contribution in [3.8, 4) is 0 Å². The summed E-state index contributed by atoms with van der Waals surface area (Å²) in [6.45, 7) is 2.13. The standard InChI is InChI=1S/C12H15ClN2O2/c1-7(8-3-4-8)15(2)10-6-5-9(13)11(14-10)12(16)17/h5-8H,3-4H2,1-2H3,(H,16,17). The van der Waals surface area contributed by atoms with Crippen LogP contribution in [-0.4, -0.2) is 29.1 Å². The number of aromatic carboxylic acids is 1. The Morgan fingerprint density at radius 2 is 2.24 bits per heavy atom. The first kappa shape index (κ1) is 12.2. The van der Waals surface area contributed by atoms with Gasteiger partial charge in [-0.05, 0) is 37.8 Å². The Hall–Kier alpha value is -1.29. The maximum absolute atomic E-state index is 10.9. The van der Waals surface area contributed by atoms with Crippen LogP contribution >= 0.6 is 11.6 Å². The van der Waals surface area contributed by atoms with Gasteiger partial charge in [-0.15, -0.1) is 0 Å². The van der Waals surface area contributed by atoms with Gasteiger partial charge in [-0.25, -0.2) is 9.78 Å². The number of anilines is 1. The summed E-state index contributed by atoms with van der Waals surface area (Å²) in [4.78, 5) is 17.1. The number of hydrogen-bond donors (Lipinski definition) is 1. The molecule has 0 bridgehead atoms. The molecular weight excluding hydrogens is 240 g/mol. The molecule has 5 heteroatoms. The zero-order chi connectivity index (χ0) is 12.6. The fourth-order valence-electron chi connectivity index (χ4n) is 1.88. The molecule has 1 unspecified atom stereocenters. The van der Waals surface area contributed by atoms with Crippen molar-refractivity contribution in [2.24, 2.45) is 5.92 Å². The van der Waals surface area contributed by atoms with Gasteiger partial charge < -0.3 is 10.0 Å². The van der Waals surface area contributed by atoms with Crippen LogP contribution in [0.25, 0.3) is 0 Å². The minimum absolute atomic E-state index is 0.0842. The van der Waals surface area contributed by atoms with E-state index in [4.69, 9.17) is 16.7 Å². The predicted octanol–water partition coefficient (Wildman–Crippen LogP) is 2.67. The summed E-state index contributed by atoms with van der Waals surface area (Å²) in [5.41, 5.74) is -0.0842. The smallest absolute Gasteiger partial charge is 0.356 e. The number of carboxylic acid groups (broad SMARTS) is 1. The average molecular weight is 255 g/mol. The lowest BCUT2D eigenvalue weighted by molar-refractivity contribution is 0.0691. The van der Waals surface area contributed by atoms with Gasteiger partial charge in [0.05, 0.1) is 5.02 Å². The van der Waals surface area contributed by atoms with E-state index in [-0.39, 0.29) is 10.7 Å². The maximum Gasteiger partial charge on any atom is 0.356 e. The minimum atomic E-state index is -1.09. The quantitative estimate of drug-likeness (QED) is 0.898. The van der Waals surface area contributed by atoms with Gasteiger partial charge in [0, 0.05) is 13.1 Å². The topological polar surface area (TPSA) is 53.4 Å². The number of rotatable bonds is 4. The molecule has 0 amide bonds. The van der Waals surface area contributed by atoms with Crippen molar-refractivity contribution >= 4 is 23.4 Å². The van der Waals surface area contributed by atoms with Gasteiger partial charge in [0.25, 0.3) is 0 Å². The summed E-state index contributed by atoms with van der Waals surface area (Å²) < 4.78 is 0. The molecule has 1 saturated carbocycles. The van der Waals surface area contributed by atoms with Crippen LogP contribution in [0.1, 0.15) is 30.3 Å². The molecule has 4 nitrogen and oxygen atoms in total. The van der Waals surface area contributed by atoms with Crippen LogP contribution in [0.2, 0.25) is 5.02 Å². The molecule has 0 aliphatic heterocycles. The first-order valence-electron chi connectivity index (χ1n) is 5.63. The van der Waals surface area contributed by atoms with Crippen molar-refractivity contribution in [2.45, 2.75) is 25.8 Å². The second kappa shape index (κ2) is 4.53. The summed E-state index contributed by atoms with van der Waals surface area (Å²) in [5.74, 6) is 0.265. The van der Waals surface area contributed by atoms with Crippen LogP contribution in [-0.2, 0) is 0 Å². The maximum atomic E-state index is 10.9. The predicted molar refractivity (Wildman–Crippen MR) is 66.8 cm³/mol. The normalized spacial score (nSPS) is 16.6. The number of hydrogen-bond acceptors (Lipinski definition) is 3. The molecule has 1 heterocycles. The summed E-state index contributed by atoms with van der Waals surface area (Å²) >= 11 is 5.79. The second-order valence-corrected chi connectivity index (χ2v) is 4.90. The number of halogens is 1. The summed E-state index contributed by atoms with van der Waals surface area (Å²) in [7, 11) is 1.94. The molecule has 1 aliphatic carbocycles. The molecule has 17 heavy (non-hydrogen) atoms. The van der Waals surface area contributed by atoms with Crippen LogP contribution in [0.4, 0.5) is 5.82 Å². The summed E-state index contributed by atoms with van der Waals surface area (Å²) in [6, 6.07) is 3.72. The SMILES string of the molecule is CC(C1CC1)N(C)c1ccc(Cl)c(C(=O)O)n1. The number of nitrogens with zero attached hydrogens (tertiary/aromatic N) is 2. The van der Waals surface area contributed by atoms with E-state index in [2.05, 4.69) is 11.9 Å². The van der Waals surface area contributed by atoms with Gasteiger partial charge in [0.1, 0.15) is 5.82 Å². The van der Waals surface area contributed by atoms with E-state index >= 15 is 0 Å². The third-order valence-electron chi connectivity index (χ3n) is 3.31. The highest BCUT2D eigenvalue weighted by Gasteiger charge is 2.31. The van der Waals surface area contributed by atoms with Gasteiger partial charge in [-0.1, -0.05) is 11.6 Å². The Labute approximate surface area is 105 Å². The molecule has 0 saturated heterocycles. The fourth-order valence-corrected chi connectivity index (χ4v) is 2.07. The third-order valence-corrected chi connectivity index (χ3v) is 3.62. The van der Waals surface area contributed by atoms with Gasteiger partial charge >= 0.3 is 5.97 Å². The van der Waals surface area contributed by atoms with Crippen molar-refractivity contribution in [3.63, 3.8) is 0 Å². The van der Waals surface area contributed by atoms with E-state index < -0.39 is 5.97 Å². The van der Waals surface area contributed by atoms with Crippen LogP contribution in [0.5, 0.6) is 0 Å². The Balaban J connectivity index is 2.25. The Morgan fingerprint density at radius 1 is 1.59 bits per heavy atom. The molecule has 0 aromatic carbocycles. The van der Waals surface area contributed by atoms with E-state index in [1.165, 1.54) is 12.8 Å². The number of carboxylic acids is 1. The minimum Gasteiger partial charge on any atom is -0.476 e. The molecule has 1 fully saturated rings. The summed E-state index contributed by atoms with van der Waals surface area (Å²) in [5, 5.41) is 9.14. The van der Waals surface area contributed by atoms with Crippen LogP contribution in [0.15, 0.2) is 12.1 Å². The van der Waals surface area contributed by atoms with Gasteiger partial charge in [0.15, 0.2) is 5.69 Å². The first-order chi connectivity index (χ1) is 8.00. The average Bonchev–Trinajstić information content (AvgIpc) is 3.11. The molecule has 0 spiro atoms. The second-order valence-electron chi connectivity index (χ2n) is 4.49. The highest BCUT2D eigenvalue weighted by Crippen LogP contribution is 2.36. The van der Waals surface area contributed by atoms with Crippen molar-refractivity contribution < 1.29 is 9.90 Å². The van der Waals surface area contributed by atoms with Crippen molar-refractivity contribution in [1.29, 1.82) is 0 Å². The van der Waals surface area contributed by atoms with E-state index in [9.17, 15) is 4.79 Å². The van der Waals surface area contributed by atoms with Gasteiger partial charge in [-0.2, -0.15) is 0 Å². The lowest BCUT2D eigenvalue weighted by atomic mass is 10.2. The van der Waals surface area contributed by atoms with E-state index in [0.717, 1.165) is 0 Å². The van der Waals surface area contributed by atoms with Crippen molar-refractivity contribution in [1.82, 2.24) is 4.98 Å². The van der Waals surface area contributed by atoms with Crippen molar-refractivity contribution in [3.05, 3.63) is 22.8 Å². The molecule has 0 radical (unpaired) electrons. The number of aromatic nitrogens is 1. The number of pyridine rings is 1. The van der Waals surface area contributed by atoms with E-state index in [0.29, 0.717) is 17.8 Å². The molecular formula is C12H15ClN2O2. The monoisotopic (exact) mass is 254 g/mol. The lowest BCUT2D eigenvalue weighted by Crippen LogP contribution is -2.31. The zero-order valence-electron chi connectivity index (χ0n) is 9.85. The van der Waals surface area contributed by atoms with E-state index in [1.54, 1.807) is 12.1 Å². The van der Waals surface area contributed by atoms with E-state index in [1.807, 2.05) is 11.9 Å². The first-order valence-corrected chi connectivity index (χ1v) is 6.01. The zero-order valence-corrected chi connectivity index (χ0v) is 10.6. The molecule has 2 rings (SSSR count). The molecule has 1 N–H and O–H groups in total. The molecule has 1 aliphatic rings. The Morgan fingerprint density at radius 3 is 2.76 bits per heavy atom. The molecule has 92 valence electrons. The lowest BCUT2D eigenvalue weighted by Gasteiger charge is -2.26. The molecule has 1 aromatic heterocycles. The van der Waals surface area contributed by atoms with Crippen LogP contribution in [0.3, 0.4) is 0 Å². The fraction of sp³-hybridized carbons (Fsp3) is 0.500. The Bertz CT molecular complexity index is 446. The molecule has 1 aromatic rings. The highest BCUT2D eigenvalue weighted by molar-refractivity contribution is 6.33. The largest absolute Gasteiger partial charge is 0.476 e. The van der Waals surface area contributed by atoms with Crippen molar-refractivity contribution in [2.75, 3.05) is 11.9 Å². The Kier molecular flexibility index (Phi) is 3.24. The summed E-state index contributed by atoms with van der Waals surface area (Å²) in [6.07, 6.45) is 2.48.